The van der Waals surface area contributed by atoms with Crippen molar-refractivity contribution in [3.63, 3.8) is 0 Å². The normalized spacial score (nSPS) is 20.2. The molecule has 2 atom stereocenters. The lowest BCUT2D eigenvalue weighted by atomic mass is 10.1. The Kier molecular flexibility index (Phi) is 9.90. The van der Waals surface area contributed by atoms with Crippen LogP contribution in [-0.4, -0.2) is 67.2 Å². The second-order valence-electron chi connectivity index (χ2n) is 9.99. The van der Waals surface area contributed by atoms with Gasteiger partial charge in [-0.05, 0) is 56.5 Å². The van der Waals surface area contributed by atoms with Crippen LogP contribution in [0.15, 0.2) is 63.6 Å². The van der Waals surface area contributed by atoms with Gasteiger partial charge in [0.15, 0.2) is 0 Å². The number of amides is 2. The molecular formula is C29H37N5O5S2. The number of rotatable bonds is 10. The molecule has 2 amide bonds. The van der Waals surface area contributed by atoms with E-state index in [0.717, 1.165) is 35.7 Å². The summed E-state index contributed by atoms with van der Waals surface area (Å²) in [5.41, 5.74) is 9.70. The van der Waals surface area contributed by atoms with Gasteiger partial charge in [-0.2, -0.15) is 4.31 Å². The number of aryl methyl sites for hydroxylation is 2. The number of nitrogens with one attached hydrogen (secondary N) is 2. The number of carbonyl (C=O) groups is 2. The Morgan fingerprint density at radius 2 is 1.90 bits per heavy atom. The maximum atomic E-state index is 13.5. The summed E-state index contributed by atoms with van der Waals surface area (Å²) >= 11 is 1.09. The number of sulfonamides is 1. The summed E-state index contributed by atoms with van der Waals surface area (Å²) in [6.07, 6.45) is 1.75. The third-order valence-electron chi connectivity index (χ3n) is 7.01. The zero-order valence-electron chi connectivity index (χ0n) is 23.8. The molecule has 2 aromatic carbocycles. The van der Waals surface area contributed by atoms with Gasteiger partial charge >= 0.3 is 0 Å². The third kappa shape index (κ3) is 7.00. The Morgan fingerprint density at radius 1 is 1.15 bits per heavy atom. The van der Waals surface area contributed by atoms with Crippen molar-refractivity contribution in [3.8, 4) is 0 Å². The van der Waals surface area contributed by atoms with Gasteiger partial charge in [0, 0.05) is 37.6 Å². The van der Waals surface area contributed by atoms with Gasteiger partial charge in [0.05, 0.1) is 22.3 Å². The fourth-order valence-corrected chi connectivity index (χ4v) is 7.41. The quantitative estimate of drug-likeness (QED) is 0.378. The number of ether oxygens (including phenoxy) is 1. The van der Waals surface area contributed by atoms with E-state index in [2.05, 4.69) is 10.6 Å². The van der Waals surface area contributed by atoms with Crippen molar-refractivity contribution >= 4 is 50.0 Å². The smallest absolute Gasteiger partial charge is 0.255 e. The van der Waals surface area contributed by atoms with Gasteiger partial charge in [0.1, 0.15) is 10.3 Å². The van der Waals surface area contributed by atoms with Crippen LogP contribution >= 0.6 is 11.8 Å². The molecule has 2 aliphatic heterocycles. The number of carbonyl (C=O) groups excluding carboxylic acids is 2. The average Bonchev–Trinajstić information content (AvgIpc) is 3.57. The fourth-order valence-electron chi connectivity index (χ4n) is 4.79. The highest BCUT2D eigenvalue weighted by Gasteiger charge is 2.39. The number of anilines is 1. The zero-order valence-corrected chi connectivity index (χ0v) is 25.4. The molecule has 10 nitrogen and oxygen atoms in total. The van der Waals surface area contributed by atoms with Crippen LogP contribution in [0.5, 0.6) is 0 Å². The first-order valence-electron chi connectivity index (χ1n) is 13.7. The van der Waals surface area contributed by atoms with Crippen molar-refractivity contribution in [1.29, 1.82) is 0 Å². The minimum atomic E-state index is -3.71. The van der Waals surface area contributed by atoms with Crippen molar-refractivity contribution in [2.75, 3.05) is 31.6 Å². The molecule has 2 aliphatic rings. The first-order chi connectivity index (χ1) is 19.5. The molecule has 0 bridgehead atoms. The minimum absolute atomic E-state index is 0.0615. The van der Waals surface area contributed by atoms with Gasteiger partial charge in [-0.1, -0.05) is 49.4 Å². The van der Waals surface area contributed by atoms with Crippen LogP contribution in [-0.2, 0) is 24.3 Å². The summed E-state index contributed by atoms with van der Waals surface area (Å²) < 4.78 is 33.0. The molecular weight excluding hydrogens is 562 g/mol. The molecule has 4 N–H and O–H groups in total. The summed E-state index contributed by atoms with van der Waals surface area (Å²) in [5.74, 6) is -0.906. The number of hydrogen-bond acceptors (Lipinski definition) is 8. The Balaban J connectivity index is 1.61. The first-order valence-corrected chi connectivity index (χ1v) is 16.0. The minimum Gasteiger partial charge on any atom is -0.400 e. The fraction of sp³-hybridized carbons (Fsp3) is 0.414. The molecule has 0 radical (unpaired) electrons. The molecule has 2 unspecified atom stereocenters. The van der Waals surface area contributed by atoms with Gasteiger partial charge in [-0.3, -0.25) is 9.59 Å². The van der Waals surface area contributed by atoms with Crippen LogP contribution in [0.1, 0.15) is 37.8 Å². The summed E-state index contributed by atoms with van der Waals surface area (Å²) in [4.78, 5) is 31.6. The summed E-state index contributed by atoms with van der Waals surface area (Å²) in [6, 6.07) is 11.9. The van der Waals surface area contributed by atoms with Gasteiger partial charge in [-0.15, -0.1) is 0 Å². The lowest BCUT2D eigenvalue weighted by Crippen LogP contribution is -2.35. The molecule has 220 valence electrons. The zero-order chi connectivity index (χ0) is 29.7. The van der Waals surface area contributed by atoms with Crippen molar-refractivity contribution in [2.24, 2.45) is 10.7 Å². The van der Waals surface area contributed by atoms with Crippen LogP contribution < -0.4 is 16.4 Å². The molecule has 12 heteroatoms. The van der Waals surface area contributed by atoms with Crippen LogP contribution in [0.3, 0.4) is 0 Å². The van der Waals surface area contributed by atoms with E-state index in [9.17, 15) is 18.0 Å². The van der Waals surface area contributed by atoms with Gasteiger partial charge < -0.3 is 21.1 Å². The SMILES string of the molecule is CCN(CC)S(=O)(=O)c1cccc(NC(=O)C2SC(=Nc3ccc(C)cc3C)C(C(=O)NCC3CCCO3)=C2N)c1. The van der Waals surface area contributed by atoms with Gasteiger partial charge in [0.25, 0.3) is 5.91 Å². The monoisotopic (exact) mass is 599 g/mol. The Labute approximate surface area is 245 Å². The average molecular weight is 600 g/mol. The Bertz CT molecular complexity index is 1480. The van der Waals surface area contributed by atoms with E-state index in [1.165, 1.54) is 16.4 Å². The molecule has 0 aliphatic carbocycles. The molecule has 0 saturated carbocycles. The first kappa shape index (κ1) is 30.8. The summed E-state index contributed by atoms with van der Waals surface area (Å²) in [5, 5.41) is 5.08. The Hall–Kier alpha value is -3.19. The van der Waals surface area contributed by atoms with E-state index in [1.807, 2.05) is 32.0 Å². The largest absolute Gasteiger partial charge is 0.400 e. The standard InChI is InChI=1S/C29H37N5O5S2/c1-5-34(6-2)41(37,38)22-11-7-9-20(16-22)32-28(36)26-25(30)24(27(35)31-17-21-10-8-14-39-21)29(40-26)33-23-13-12-18(3)15-19(23)4/h7,9,11-13,15-16,21,26H,5-6,8,10,14,17,30H2,1-4H3,(H,31,35)(H,32,36). The second kappa shape index (κ2) is 13.2. The topological polar surface area (TPSA) is 143 Å². The number of nitrogens with two attached hydrogens (primary N) is 1. The van der Waals surface area contributed by atoms with Crippen LogP contribution in [0, 0.1) is 13.8 Å². The molecule has 4 rings (SSSR count). The van der Waals surface area contributed by atoms with Crippen molar-refractivity contribution < 1.29 is 22.7 Å². The van der Waals surface area contributed by atoms with Crippen molar-refractivity contribution in [2.45, 2.75) is 56.8 Å². The van der Waals surface area contributed by atoms with E-state index in [-0.39, 0.29) is 22.3 Å². The molecule has 2 aromatic rings. The van der Waals surface area contributed by atoms with Crippen LogP contribution in [0.25, 0.3) is 0 Å². The lowest BCUT2D eigenvalue weighted by Gasteiger charge is -2.19. The predicted molar refractivity (Wildman–Crippen MR) is 163 cm³/mol. The maximum Gasteiger partial charge on any atom is 0.255 e. The van der Waals surface area contributed by atoms with Crippen LogP contribution in [0.4, 0.5) is 11.4 Å². The molecule has 0 aromatic heterocycles. The second-order valence-corrected chi connectivity index (χ2v) is 13.0. The molecule has 1 saturated heterocycles. The summed E-state index contributed by atoms with van der Waals surface area (Å²) in [7, 11) is -3.71. The van der Waals surface area contributed by atoms with Gasteiger partial charge in [0.2, 0.25) is 15.9 Å². The van der Waals surface area contributed by atoms with Gasteiger partial charge in [-0.25, -0.2) is 13.4 Å². The van der Waals surface area contributed by atoms with E-state index >= 15 is 0 Å². The molecule has 41 heavy (non-hydrogen) atoms. The van der Waals surface area contributed by atoms with Crippen molar-refractivity contribution in [3.05, 3.63) is 64.9 Å². The number of hydrogen-bond donors (Lipinski definition) is 3. The maximum absolute atomic E-state index is 13.5. The summed E-state index contributed by atoms with van der Waals surface area (Å²) in [6.45, 7) is 9.11. The Morgan fingerprint density at radius 3 is 2.56 bits per heavy atom. The van der Waals surface area contributed by atoms with E-state index in [0.29, 0.717) is 42.7 Å². The number of benzene rings is 2. The highest BCUT2D eigenvalue weighted by Crippen LogP contribution is 2.36. The van der Waals surface area contributed by atoms with E-state index < -0.39 is 27.1 Å². The van der Waals surface area contributed by atoms with Crippen LogP contribution in [0.2, 0.25) is 0 Å². The lowest BCUT2D eigenvalue weighted by molar-refractivity contribution is -0.117. The third-order valence-corrected chi connectivity index (χ3v) is 10.3. The highest BCUT2D eigenvalue weighted by molar-refractivity contribution is 8.16. The van der Waals surface area contributed by atoms with E-state index in [4.69, 9.17) is 15.5 Å². The van der Waals surface area contributed by atoms with Crippen molar-refractivity contribution in [1.82, 2.24) is 9.62 Å². The molecule has 0 spiro atoms. The molecule has 1 fully saturated rings. The molecule has 2 heterocycles. The number of aliphatic imine (C=N–C) groups is 1. The number of thioether (sulfide) groups is 1. The number of nitrogens with zero attached hydrogens (tertiary/aromatic N) is 2. The highest BCUT2D eigenvalue weighted by atomic mass is 32.2. The van der Waals surface area contributed by atoms with E-state index in [1.54, 1.807) is 26.0 Å². The predicted octanol–water partition coefficient (Wildman–Crippen LogP) is 3.63.